The largest absolute Gasteiger partial charge is 0.384 e. The number of nitrogen functional groups attached to an aromatic ring is 1. The average molecular weight is 366 g/mol. The zero-order valence-electron chi connectivity index (χ0n) is 15.4. The number of nitrogens with one attached hydrogen (secondary N) is 2. The summed E-state index contributed by atoms with van der Waals surface area (Å²) in [4.78, 5) is 24.0. The number of anilines is 2. The van der Waals surface area contributed by atoms with E-state index in [4.69, 9.17) is 5.73 Å². The van der Waals surface area contributed by atoms with Gasteiger partial charge in [-0.05, 0) is 43.9 Å². The van der Waals surface area contributed by atoms with Gasteiger partial charge in [-0.25, -0.2) is 4.98 Å². The molecule has 0 aliphatic carbocycles. The van der Waals surface area contributed by atoms with E-state index < -0.39 is 5.54 Å². The summed E-state index contributed by atoms with van der Waals surface area (Å²) in [6.07, 6.45) is 5.51. The number of nitrogens with zero attached hydrogens (tertiary/aromatic N) is 3. The van der Waals surface area contributed by atoms with Crippen molar-refractivity contribution in [1.29, 1.82) is 0 Å². The van der Waals surface area contributed by atoms with E-state index in [9.17, 15) is 4.79 Å². The molecule has 1 aromatic heterocycles. The highest BCUT2D eigenvalue weighted by Crippen LogP contribution is 2.38. The zero-order chi connectivity index (χ0) is 18.7. The molecule has 4 rings (SSSR count). The van der Waals surface area contributed by atoms with E-state index in [0.29, 0.717) is 18.3 Å². The molecule has 2 fully saturated rings. The Morgan fingerprint density at radius 2 is 2.11 bits per heavy atom. The molecule has 2 aliphatic heterocycles. The Morgan fingerprint density at radius 3 is 2.93 bits per heavy atom. The van der Waals surface area contributed by atoms with Crippen LogP contribution in [0.25, 0.3) is 0 Å². The second-order valence-electron chi connectivity index (χ2n) is 7.45. The number of hydrogen-bond donors (Lipinski definition) is 3. The predicted octanol–water partition coefficient (Wildman–Crippen LogP) is 1.78. The van der Waals surface area contributed by atoms with Crippen molar-refractivity contribution in [3.63, 3.8) is 0 Å². The van der Waals surface area contributed by atoms with Crippen LogP contribution < -0.4 is 16.4 Å². The Balaban J connectivity index is 1.46. The number of hydrogen-bond acceptors (Lipinski definition) is 6. The lowest BCUT2D eigenvalue weighted by Gasteiger charge is -2.40. The Kier molecular flexibility index (Phi) is 4.94. The van der Waals surface area contributed by atoms with Crippen molar-refractivity contribution < 1.29 is 4.79 Å². The number of amides is 1. The molecule has 0 radical (unpaired) electrons. The van der Waals surface area contributed by atoms with Crippen LogP contribution in [0.1, 0.15) is 31.2 Å². The second kappa shape index (κ2) is 7.52. The highest BCUT2D eigenvalue weighted by atomic mass is 16.2. The minimum atomic E-state index is -0.439. The second-order valence-corrected chi connectivity index (χ2v) is 7.45. The van der Waals surface area contributed by atoms with Gasteiger partial charge < -0.3 is 16.4 Å². The van der Waals surface area contributed by atoms with Crippen molar-refractivity contribution >= 4 is 17.7 Å². The van der Waals surface area contributed by atoms with Crippen LogP contribution in [0.5, 0.6) is 0 Å². The summed E-state index contributed by atoms with van der Waals surface area (Å²) in [5.74, 6) is 1.10. The first-order valence-electron chi connectivity index (χ1n) is 9.58. The molecule has 0 bridgehead atoms. The van der Waals surface area contributed by atoms with Crippen LogP contribution >= 0.6 is 0 Å². The topological polar surface area (TPSA) is 96.2 Å². The lowest BCUT2D eigenvalue weighted by Crippen LogP contribution is -2.57. The van der Waals surface area contributed by atoms with Crippen LogP contribution in [0.3, 0.4) is 0 Å². The van der Waals surface area contributed by atoms with Gasteiger partial charge in [-0.3, -0.25) is 9.69 Å². The summed E-state index contributed by atoms with van der Waals surface area (Å²) >= 11 is 0. The third-order valence-corrected chi connectivity index (χ3v) is 5.63. The van der Waals surface area contributed by atoms with Crippen molar-refractivity contribution in [3.05, 3.63) is 48.2 Å². The van der Waals surface area contributed by atoms with Gasteiger partial charge >= 0.3 is 0 Å². The molecule has 1 amide bonds. The number of benzene rings is 1. The highest BCUT2D eigenvalue weighted by Gasteiger charge is 2.51. The van der Waals surface area contributed by atoms with Gasteiger partial charge in [-0.2, -0.15) is 4.98 Å². The summed E-state index contributed by atoms with van der Waals surface area (Å²) in [5.41, 5.74) is 6.43. The standard InChI is InChI=1S/C20H26N6O/c21-17-8-10-22-19(25-17)24-16-12-20(9-4-5-11-26(20)14-16)18(27)23-13-15-6-2-1-3-7-15/h1-3,6-8,10,16H,4-5,9,11-14H2,(H,23,27)(H3,21,22,24,25)/t16-,20-/m0/s1. The number of aromatic nitrogens is 2. The molecule has 7 nitrogen and oxygen atoms in total. The number of carbonyl (C=O) groups excluding carboxylic acids is 1. The molecule has 2 atom stereocenters. The maximum absolute atomic E-state index is 13.2. The van der Waals surface area contributed by atoms with E-state index in [1.807, 2.05) is 30.3 Å². The molecule has 0 spiro atoms. The molecule has 4 N–H and O–H groups in total. The van der Waals surface area contributed by atoms with Gasteiger partial charge in [0, 0.05) is 25.3 Å². The third kappa shape index (κ3) is 3.73. The number of nitrogens with two attached hydrogens (primary N) is 1. The maximum Gasteiger partial charge on any atom is 0.240 e. The van der Waals surface area contributed by atoms with Crippen LogP contribution in [0.2, 0.25) is 0 Å². The molecule has 2 saturated heterocycles. The molecule has 2 aliphatic rings. The van der Waals surface area contributed by atoms with Gasteiger partial charge in [-0.15, -0.1) is 0 Å². The van der Waals surface area contributed by atoms with Gasteiger partial charge in [0.2, 0.25) is 11.9 Å². The summed E-state index contributed by atoms with van der Waals surface area (Å²) in [6.45, 7) is 2.33. The van der Waals surface area contributed by atoms with Crippen molar-refractivity contribution in [3.8, 4) is 0 Å². The molecule has 0 saturated carbocycles. The molecule has 3 heterocycles. The predicted molar refractivity (Wildman–Crippen MR) is 105 cm³/mol. The van der Waals surface area contributed by atoms with E-state index in [2.05, 4.69) is 25.5 Å². The van der Waals surface area contributed by atoms with Gasteiger partial charge in [0.15, 0.2) is 0 Å². The Bertz CT molecular complexity index is 798. The molecular formula is C20H26N6O. The minimum absolute atomic E-state index is 0.129. The minimum Gasteiger partial charge on any atom is -0.384 e. The quantitative estimate of drug-likeness (QED) is 0.747. The molecule has 2 aromatic rings. The number of piperidine rings is 1. The Hall–Kier alpha value is -2.67. The van der Waals surface area contributed by atoms with Crippen LogP contribution in [-0.2, 0) is 11.3 Å². The molecule has 1 aromatic carbocycles. The Labute approximate surface area is 159 Å². The summed E-state index contributed by atoms with van der Waals surface area (Å²) in [6, 6.07) is 11.8. The van der Waals surface area contributed by atoms with E-state index >= 15 is 0 Å². The first kappa shape index (κ1) is 17.7. The van der Waals surface area contributed by atoms with Gasteiger partial charge in [-0.1, -0.05) is 30.3 Å². The van der Waals surface area contributed by atoms with Crippen LogP contribution in [0.4, 0.5) is 11.8 Å². The van der Waals surface area contributed by atoms with Crippen molar-refractivity contribution in [2.75, 3.05) is 24.1 Å². The van der Waals surface area contributed by atoms with E-state index in [0.717, 1.165) is 44.3 Å². The summed E-state index contributed by atoms with van der Waals surface area (Å²) in [7, 11) is 0. The lowest BCUT2D eigenvalue weighted by atomic mass is 9.84. The van der Waals surface area contributed by atoms with E-state index in [-0.39, 0.29) is 11.9 Å². The molecule has 7 heteroatoms. The van der Waals surface area contributed by atoms with E-state index in [1.54, 1.807) is 12.3 Å². The lowest BCUT2D eigenvalue weighted by molar-refractivity contribution is -0.134. The monoisotopic (exact) mass is 366 g/mol. The first-order chi connectivity index (χ1) is 13.2. The average Bonchev–Trinajstić information content (AvgIpc) is 3.06. The van der Waals surface area contributed by atoms with Gasteiger partial charge in [0.25, 0.3) is 0 Å². The third-order valence-electron chi connectivity index (χ3n) is 5.63. The fourth-order valence-electron chi connectivity index (χ4n) is 4.34. The Morgan fingerprint density at radius 1 is 1.26 bits per heavy atom. The molecule has 142 valence electrons. The molecule has 0 unspecified atom stereocenters. The molecular weight excluding hydrogens is 340 g/mol. The maximum atomic E-state index is 13.2. The van der Waals surface area contributed by atoms with Crippen LogP contribution in [0, 0.1) is 0 Å². The normalized spacial score (nSPS) is 25.0. The van der Waals surface area contributed by atoms with Crippen LogP contribution in [0.15, 0.2) is 42.6 Å². The zero-order valence-corrected chi connectivity index (χ0v) is 15.4. The fourth-order valence-corrected chi connectivity index (χ4v) is 4.34. The smallest absolute Gasteiger partial charge is 0.240 e. The van der Waals surface area contributed by atoms with Crippen molar-refractivity contribution in [2.45, 2.75) is 43.8 Å². The van der Waals surface area contributed by atoms with Gasteiger partial charge in [0.05, 0.1) is 0 Å². The van der Waals surface area contributed by atoms with Gasteiger partial charge in [0.1, 0.15) is 11.4 Å². The summed E-state index contributed by atoms with van der Waals surface area (Å²) < 4.78 is 0. The van der Waals surface area contributed by atoms with Crippen molar-refractivity contribution in [2.24, 2.45) is 0 Å². The van der Waals surface area contributed by atoms with Crippen molar-refractivity contribution in [1.82, 2.24) is 20.2 Å². The molecule has 27 heavy (non-hydrogen) atoms. The number of fused-ring (bicyclic) bond motifs is 1. The first-order valence-corrected chi connectivity index (χ1v) is 9.58. The SMILES string of the molecule is Nc1ccnc(N[C@@H]2CN3CCCC[C@@]3(C(=O)NCc3ccccc3)C2)n1. The highest BCUT2D eigenvalue weighted by molar-refractivity contribution is 5.87. The fraction of sp³-hybridized carbons (Fsp3) is 0.450. The number of rotatable bonds is 5. The van der Waals surface area contributed by atoms with Crippen LogP contribution in [-0.4, -0.2) is 45.4 Å². The number of carbonyl (C=O) groups is 1. The summed E-state index contributed by atoms with van der Waals surface area (Å²) in [5, 5.41) is 6.53. The van der Waals surface area contributed by atoms with E-state index in [1.165, 1.54) is 0 Å².